The molecule has 1 saturated carbocycles. The molecule has 0 aromatic carbocycles. The predicted molar refractivity (Wildman–Crippen MR) is 37.1 cm³/mol. The van der Waals surface area contributed by atoms with Crippen molar-refractivity contribution in [3.63, 3.8) is 0 Å². The SMILES string of the molecule is C1CC2OC2(OCC2CO2)C1. The van der Waals surface area contributed by atoms with Crippen LogP contribution >= 0.6 is 0 Å². The van der Waals surface area contributed by atoms with Gasteiger partial charge < -0.3 is 14.2 Å². The fraction of sp³-hybridized carbons (Fsp3) is 1.00. The minimum absolute atomic E-state index is 0.147. The largest absolute Gasteiger partial charge is 0.371 e. The second kappa shape index (κ2) is 1.97. The van der Waals surface area contributed by atoms with Gasteiger partial charge in [-0.2, -0.15) is 0 Å². The number of rotatable bonds is 3. The van der Waals surface area contributed by atoms with Gasteiger partial charge in [-0.05, 0) is 12.8 Å². The van der Waals surface area contributed by atoms with E-state index in [1.54, 1.807) is 0 Å². The van der Waals surface area contributed by atoms with Crippen molar-refractivity contribution >= 4 is 0 Å². The third-order valence-corrected chi connectivity index (χ3v) is 2.68. The van der Waals surface area contributed by atoms with Crippen molar-refractivity contribution in [2.75, 3.05) is 13.2 Å². The molecule has 3 nitrogen and oxygen atoms in total. The zero-order chi connectivity index (χ0) is 7.31. The molecule has 3 unspecified atom stereocenters. The molecule has 3 rings (SSSR count). The lowest BCUT2D eigenvalue weighted by molar-refractivity contribution is -0.0527. The molecule has 0 aromatic heterocycles. The van der Waals surface area contributed by atoms with E-state index in [-0.39, 0.29) is 5.79 Å². The minimum Gasteiger partial charge on any atom is -0.371 e. The first-order valence-corrected chi connectivity index (χ1v) is 4.32. The first-order valence-electron chi connectivity index (χ1n) is 4.32. The summed E-state index contributed by atoms with van der Waals surface area (Å²) >= 11 is 0. The van der Waals surface area contributed by atoms with E-state index in [4.69, 9.17) is 14.2 Å². The van der Waals surface area contributed by atoms with Crippen LogP contribution in [0.1, 0.15) is 19.3 Å². The Balaban J connectivity index is 1.54. The summed E-state index contributed by atoms with van der Waals surface area (Å²) in [4.78, 5) is 0. The number of epoxide rings is 2. The van der Waals surface area contributed by atoms with Crippen molar-refractivity contribution in [2.24, 2.45) is 0 Å². The van der Waals surface area contributed by atoms with Gasteiger partial charge in [-0.3, -0.25) is 0 Å². The zero-order valence-electron chi connectivity index (χ0n) is 6.41. The first kappa shape index (κ1) is 6.40. The molecule has 0 N–H and O–H groups in total. The molecule has 11 heavy (non-hydrogen) atoms. The summed E-state index contributed by atoms with van der Waals surface area (Å²) < 4.78 is 16.1. The van der Waals surface area contributed by atoms with Crippen LogP contribution in [0, 0.1) is 0 Å². The van der Waals surface area contributed by atoms with Crippen LogP contribution in [0.3, 0.4) is 0 Å². The standard InChI is InChI=1S/C8H12O3/c1-2-7-8(3-1,11-7)10-5-6-4-9-6/h6-7H,1-5H2. The van der Waals surface area contributed by atoms with Crippen molar-refractivity contribution in [1.82, 2.24) is 0 Å². The zero-order valence-corrected chi connectivity index (χ0v) is 6.41. The van der Waals surface area contributed by atoms with Crippen molar-refractivity contribution < 1.29 is 14.2 Å². The second-order valence-electron chi connectivity index (χ2n) is 3.58. The van der Waals surface area contributed by atoms with Gasteiger partial charge >= 0.3 is 0 Å². The van der Waals surface area contributed by atoms with Gasteiger partial charge in [0, 0.05) is 6.42 Å². The van der Waals surface area contributed by atoms with E-state index in [2.05, 4.69) is 0 Å². The molecular weight excluding hydrogens is 144 g/mol. The van der Waals surface area contributed by atoms with Crippen LogP contribution < -0.4 is 0 Å². The van der Waals surface area contributed by atoms with E-state index in [9.17, 15) is 0 Å². The summed E-state index contributed by atoms with van der Waals surface area (Å²) in [6.07, 6.45) is 4.32. The van der Waals surface area contributed by atoms with Gasteiger partial charge in [0.2, 0.25) is 0 Å². The number of fused-ring (bicyclic) bond motifs is 1. The lowest BCUT2D eigenvalue weighted by Crippen LogP contribution is -2.18. The van der Waals surface area contributed by atoms with Crippen molar-refractivity contribution in [2.45, 2.75) is 37.3 Å². The molecule has 3 heteroatoms. The summed E-state index contributed by atoms with van der Waals surface area (Å²) in [5.74, 6) is -0.147. The molecule has 3 fully saturated rings. The highest BCUT2D eigenvalue weighted by Gasteiger charge is 2.61. The maximum absolute atomic E-state index is 5.64. The highest BCUT2D eigenvalue weighted by molar-refractivity contribution is 5.00. The Hall–Kier alpha value is -0.120. The Morgan fingerprint density at radius 3 is 3.00 bits per heavy atom. The molecule has 0 aromatic rings. The lowest BCUT2D eigenvalue weighted by atomic mass is 10.3. The number of hydrogen-bond acceptors (Lipinski definition) is 3. The smallest absolute Gasteiger partial charge is 0.195 e. The summed E-state index contributed by atoms with van der Waals surface area (Å²) in [6.45, 7) is 1.61. The third-order valence-electron chi connectivity index (χ3n) is 2.68. The van der Waals surface area contributed by atoms with E-state index in [0.29, 0.717) is 12.2 Å². The molecule has 0 radical (unpaired) electrons. The van der Waals surface area contributed by atoms with E-state index < -0.39 is 0 Å². The monoisotopic (exact) mass is 156 g/mol. The molecule has 3 aliphatic rings. The molecule has 2 saturated heterocycles. The average molecular weight is 156 g/mol. The quantitative estimate of drug-likeness (QED) is 0.563. The first-order chi connectivity index (χ1) is 5.39. The fourth-order valence-electron chi connectivity index (χ4n) is 1.84. The van der Waals surface area contributed by atoms with Crippen LogP contribution in [0.15, 0.2) is 0 Å². The number of hydrogen-bond donors (Lipinski definition) is 0. The Bertz CT molecular complexity index is 178. The minimum atomic E-state index is -0.147. The summed E-state index contributed by atoms with van der Waals surface area (Å²) in [5, 5.41) is 0. The molecule has 1 aliphatic carbocycles. The van der Waals surface area contributed by atoms with Crippen LogP contribution in [0.25, 0.3) is 0 Å². The topological polar surface area (TPSA) is 34.3 Å². The molecule has 2 aliphatic heterocycles. The average Bonchev–Trinajstić information content (AvgIpc) is 2.90. The van der Waals surface area contributed by atoms with Crippen LogP contribution in [0.4, 0.5) is 0 Å². The Morgan fingerprint density at radius 2 is 2.45 bits per heavy atom. The Labute approximate surface area is 65.6 Å². The maximum Gasteiger partial charge on any atom is 0.195 e. The second-order valence-corrected chi connectivity index (χ2v) is 3.58. The van der Waals surface area contributed by atoms with Gasteiger partial charge in [0.25, 0.3) is 0 Å². The van der Waals surface area contributed by atoms with Crippen molar-refractivity contribution in [1.29, 1.82) is 0 Å². The lowest BCUT2D eigenvalue weighted by Gasteiger charge is -2.07. The number of ether oxygens (including phenoxy) is 3. The molecule has 2 heterocycles. The van der Waals surface area contributed by atoms with Gasteiger partial charge in [0.1, 0.15) is 12.2 Å². The van der Waals surface area contributed by atoms with Crippen molar-refractivity contribution in [3.8, 4) is 0 Å². The van der Waals surface area contributed by atoms with Gasteiger partial charge in [-0.15, -0.1) is 0 Å². The third kappa shape index (κ3) is 0.991. The molecule has 3 atom stereocenters. The predicted octanol–water partition coefficient (Wildman–Crippen LogP) is 0.681. The van der Waals surface area contributed by atoms with E-state index in [0.717, 1.165) is 19.6 Å². The Kier molecular flexibility index (Phi) is 1.15. The molecular formula is C8H12O3. The van der Waals surface area contributed by atoms with Crippen LogP contribution in [-0.2, 0) is 14.2 Å². The highest BCUT2D eigenvalue weighted by Crippen LogP contribution is 2.50. The molecule has 0 bridgehead atoms. The van der Waals surface area contributed by atoms with E-state index in [1.807, 2.05) is 0 Å². The molecule has 0 spiro atoms. The maximum atomic E-state index is 5.64. The van der Waals surface area contributed by atoms with E-state index >= 15 is 0 Å². The van der Waals surface area contributed by atoms with Gasteiger partial charge in [0.15, 0.2) is 5.79 Å². The molecule has 62 valence electrons. The van der Waals surface area contributed by atoms with E-state index in [1.165, 1.54) is 12.8 Å². The highest BCUT2D eigenvalue weighted by atomic mass is 16.8. The summed E-state index contributed by atoms with van der Waals surface area (Å²) in [6, 6.07) is 0. The summed E-state index contributed by atoms with van der Waals surface area (Å²) in [7, 11) is 0. The Morgan fingerprint density at radius 1 is 1.55 bits per heavy atom. The van der Waals surface area contributed by atoms with Gasteiger partial charge in [-0.1, -0.05) is 0 Å². The van der Waals surface area contributed by atoms with Crippen LogP contribution in [0.2, 0.25) is 0 Å². The molecule has 0 amide bonds. The summed E-state index contributed by atoms with van der Waals surface area (Å²) in [5.41, 5.74) is 0. The van der Waals surface area contributed by atoms with Gasteiger partial charge in [0.05, 0.1) is 13.2 Å². The van der Waals surface area contributed by atoms with Crippen molar-refractivity contribution in [3.05, 3.63) is 0 Å². The fourth-order valence-corrected chi connectivity index (χ4v) is 1.84. The van der Waals surface area contributed by atoms with Gasteiger partial charge in [-0.25, -0.2) is 0 Å². The normalized spacial score (nSPS) is 52.4. The van der Waals surface area contributed by atoms with Crippen LogP contribution in [-0.4, -0.2) is 31.2 Å². The van der Waals surface area contributed by atoms with Crippen LogP contribution in [0.5, 0.6) is 0 Å².